The maximum atomic E-state index is 11.9. The maximum absolute atomic E-state index is 11.9. The Morgan fingerprint density at radius 2 is 1.94 bits per heavy atom. The summed E-state index contributed by atoms with van der Waals surface area (Å²) >= 11 is 0. The number of aromatic nitrogens is 2. The number of carboxylic acid groups (broad SMARTS) is 1. The van der Waals surface area contributed by atoms with Gasteiger partial charge in [0, 0.05) is 30.6 Å². The van der Waals surface area contributed by atoms with Crippen LogP contribution in [0.1, 0.15) is 39.2 Å². The highest BCUT2D eigenvalue weighted by molar-refractivity contribution is 5.92. The second kappa shape index (κ2) is 8.89. The molecule has 1 amide bonds. The summed E-state index contributed by atoms with van der Waals surface area (Å²) in [5.74, 6) is 1.68. The zero-order chi connectivity index (χ0) is 23.8. The molecule has 1 aromatic heterocycles. The molecule has 0 spiro atoms. The molecule has 0 saturated carbocycles. The van der Waals surface area contributed by atoms with E-state index in [1.807, 2.05) is 45.9 Å². The van der Waals surface area contributed by atoms with Crippen LogP contribution in [0.4, 0.5) is 10.6 Å². The third-order valence-electron chi connectivity index (χ3n) is 6.28. The normalized spacial score (nSPS) is 16.7. The number of nitrogens with zero attached hydrogens (tertiary/aromatic N) is 4. The Morgan fingerprint density at radius 3 is 2.64 bits per heavy atom. The van der Waals surface area contributed by atoms with Gasteiger partial charge in [0.1, 0.15) is 11.6 Å². The van der Waals surface area contributed by atoms with E-state index in [4.69, 9.17) is 9.97 Å². The van der Waals surface area contributed by atoms with Crippen LogP contribution in [0.15, 0.2) is 42.5 Å². The van der Waals surface area contributed by atoms with Gasteiger partial charge in [-0.2, -0.15) is 0 Å². The second-order valence-corrected chi connectivity index (χ2v) is 9.93. The number of carbonyl (C=O) groups is 1. The first kappa shape index (κ1) is 22.8. The number of amides is 1. The van der Waals surface area contributed by atoms with E-state index < -0.39 is 11.6 Å². The molecule has 1 fully saturated rings. The summed E-state index contributed by atoms with van der Waals surface area (Å²) in [5.41, 5.74) is 2.09. The highest BCUT2D eigenvalue weighted by atomic mass is 16.4. The largest absolute Gasteiger partial charge is 0.507 e. The fourth-order valence-electron chi connectivity index (χ4n) is 4.55. The number of para-hydroxylation sites is 1. The Hall–Kier alpha value is -3.35. The van der Waals surface area contributed by atoms with Gasteiger partial charge in [-0.05, 0) is 76.3 Å². The Balaban J connectivity index is 1.72. The first-order valence-electron chi connectivity index (χ1n) is 11.5. The van der Waals surface area contributed by atoms with Crippen LogP contribution in [0.3, 0.4) is 0 Å². The summed E-state index contributed by atoms with van der Waals surface area (Å²) in [5, 5.41) is 21.1. The Labute approximate surface area is 194 Å². The number of rotatable bonds is 4. The van der Waals surface area contributed by atoms with Crippen molar-refractivity contribution in [3.05, 3.63) is 48.0 Å². The van der Waals surface area contributed by atoms with Crippen LogP contribution in [0.25, 0.3) is 22.3 Å². The molecule has 0 bridgehead atoms. The standard InChI is InChI=1S/C26H32N4O3/c1-17-11-12-19-21(14-17)27-23(20-9-5-6-10-22(20)31)28-24(19)29-13-7-8-18(15-29)16-30(25(32)33)26(2,3)4/h5-6,9-12,14,18,31H,7-8,13,15-16H2,1-4H3,(H,32,33)/t18-/m0/s1. The average molecular weight is 449 g/mol. The lowest BCUT2D eigenvalue weighted by Gasteiger charge is -2.40. The smallest absolute Gasteiger partial charge is 0.407 e. The van der Waals surface area contributed by atoms with Crippen molar-refractivity contribution in [1.29, 1.82) is 0 Å². The number of piperidine rings is 1. The van der Waals surface area contributed by atoms with Crippen molar-refractivity contribution >= 4 is 22.8 Å². The number of phenols is 1. The van der Waals surface area contributed by atoms with Crippen molar-refractivity contribution in [2.45, 2.75) is 46.1 Å². The summed E-state index contributed by atoms with van der Waals surface area (Å²) in [6, 6.07) is 13.3. The van der Waals surface area contributed by atoms with E-state index in [-0.39, 0.29) is 11.7 Å². The first-order chi connectivity index (χ1) is 15.6. The Bertz CT molecular complexity index is 1170. The van der Waals surface area contributed by atoms with Gasteiger partial charge in [0.15, 0.2) is 5.82 Å². The van der Waals surface area contributed by atoms with Crippen molar-refractivity contribution in [2.24, 2.45) is 5.92 Å². The molecule has 1 aliphatic heterocycles. The predicted molar refractivity (Wildman–Crippen MR) is 131 cm³/mol. The third kappa shape index (κ3) is 4.87. The first-order valence-corrected chi connectivity index (χ1v) is 11.5. The molecular weight excluding hydrogens is 416 g/mol. The van der Waals surface area contributed by atoms with Crippen molar-refractivity contribution in [3.8, 4) is 17.1 Å². The molecule has 2 N–H and O–H groups in total. The fraction of sp³-hybridized carbons (Fsp3) is 0.423. The van der Waals surface area contributed by atoms with Gasteiger partial charge in [0.2, 0.25) is 0 Å². The lowest BCUT2D eigenvalue weighted by atomic mass is 9.95. The molecule has 33 heavy (non-hydrogen) atoms. The minimum Gasteiger partial charge on any atom is -0.507 e. The molecule has 3 aromatic rings. The molecule has 1 aliphatic rings. The SMILES string of the molecule is Cc1ccc2c(N3CCC[C@H](CN(C(=O)O)C(C)(C)C)C3)nc(-c3ccccc3O)nc2c1. The molecule has 0 unspecified atom stereocenters. The third-order valence-corrected chi connectivity index (χ3v) is 6.28. The Kier molecular flexibility index (Phi) is 6.15. The highest BCUT2D eigenvalue weighted by Gasteiger charge is 2.31. The molecule has 2 heterocycles. The number of fused-ring (bicyclic) bond motifs is 1. The van der Waals surface area contributed by atoms with Crippen LogP contribution in [0, 0.1) is 12.8 Å². The molecular formula is C26H32N4O3. The van der Waals surface area contributed by atoms with Gasteiger partial charge in [0.05, 0.1) is 11.1 Å². The number of benzene rings is 2. The zero-order valence-corrected chi connectivity index (χ0v) is 19.7. The van der Waals surface area contributed by atoms with Crippen molar-refractivity contribution in [3.63, 3.8) is 0 Å². The molecule has 0 aliphatic carbocycles. The van der Waals surface area contributed by atoms with E-state index in [1.54, 1.807) is 12.1 Å². The summed E-state index contributed by atoms with van der Waals surface area (Å²) in [6.45, 7) is 9.88. The predicted octanol–water partition coefficient (Wildman–Crippen LogP) is 5.31. The highest BCUT2D eigenvalue weighted by Crippen LogP contribution is 2.34. The molecule has 1 saturated heterocycles. The number of aryl methyl sites for hydroxylation is 1. The summed E-state index contributed by atoms with van der Waals surface area (Å²) in [6.07, 6.45) is 1.06. The van der Waals surface area contributed by atoms with Crippen molar-refractivity contribution in [1.82, 2.24) is 14.9 Å². The monoisotopic (exact) mass is 448 g/mol. The van der Waals surface area contributed by atoms with Crippen molar-refractivity contribution < 1.29 is 15.0 Å². The maximum Gasteiger partial charge on any atom is 0.407 e. The van der Waals surface area contributed by atoms with E-state index in [0.29, 0.717) is 17.9 Å². The quantitative estimate of drug-likeness (QED) is 0.562. The molecule has 2 aromatic carbocycles. The van der Waals surface area contributed by atoms with E-state index in [2.05, 4.69) is 17.0 Å². The van der Waals surface area contributed by atoms with Gasteiger partial charge in [0.25, 0.3) is 0 Å². The minimum absolute atomic E-state index is 0.147. The van der Waals surface area contributed by atoms with Gasteiger partial charge < -0.3 is 20.0 Å². The van der Waals surface area contributed by atoms with E-state index in [1.165, 1.54) is 4.90 Å². The van der Waals surface area contributed by atoms with Crippen LogP contribution in [-0.4, -0.2) is 56.3 Å². The summed E-state index contributed by atoms with van der Waals surface area (Å²) < 4.78 is 0. The summed E-state index contributed by atoms with van der Waals surface area (Å²) in [4.78, 5) is 25.3. The number of phenolic OH excluding ortho intramolecular Hbond substituents is 1. The van der Waals surface area contributed by atoms with Crippen LogP contribution < -0.4 is 4.90 Å². The molecule has 7 nitrogen and oxygen atoms in total. The van der Waals surface area contributed by atoms with Crippen LogP contribution >= 0.6 is 0 Å². The minimum atomic E-state index is -0.885. The molecule has 0 radical (unpaired) electrons. The summed E-state index contributed by atoms with van der Waals surface area (Å²) in [7, 11) is 0. The Morgan fingerprint density at radius 1 is 1.18 bits per heavy atom. The van der Waals surface area contributed by atoms with E-state index >= 15 is 0 Å². The van der Waals surface area contributed by atoms with Gasteiger partial charge in [-0.25, -0.2) is 14.8 Å². The van der Waals surface area contributed by atoms with Gasteiger partial charge in [-0.15, -0.1) is 0 Å². The van der Waals surface area contributed by atoms with Crippen LogP contribution in [-0.2, 0) is 0 Å². The molecule has 174 valence electrons. The number of anilines is 1. The van der Waals surface area contributed by atoms with Crippen LogP contribution in [0.5, 0.6) is 5.75 Å². The van der Waals surface area contributed by atoms with E-state index in [9.17, 15) is 15.0 Å². The van der Waals surface area contributed by atoms with Crippen LogP contribution in [0.2, 0.25) is 0 Å². The molecule has 7 heteroatoms. The van der Waals surface area contributed by atoms with E-state index in [0.717, 1.165) is 48.2 Å². The number of hydrogen-bond acceptors (Lipinski definition) is 5. The molecule has 1 atom stereocenters. The van der Waals surface area contributed by atoms with Crippen molar-refractivity contribution in [2.75, 3.05) is 24.5 Å². The average Bonchev–Trinajstić information content (AvgIpc) is 2.76. The van der Waals surface area contributed by atoms with Gasteiger partial charge in [-0.1, -0.05) is 18.2 Å². The fourth-order valence-corrected chi connectivity index (χ4v) is 4.55. The number of aromatic hydroxyl groups is 1. The topological polar surface area (TPSA) is 89.8 Å². The van der Waals surface area contributed by atoms with Gasteiger partial charge in [-0.3, -0.25) is 0 Å². The lowest BCUT2D eigenvalue weighted by molar-refractivity contribution is 0.0864. The zero-order valence-electron chi connectivity index (χ0n) is 19.7. The lowest BCUT2D eigenvalue weighted by Crippen LogP contribution is -2.50. The molecule has 4 rings (SSSR count). The second-order valence-electron chi connectivity index (χ2n) is 9.93. The number of hydrogen-bond donors (Lipinski definition) is 2. The van der Waals surface area contributed by atoms with Gasteiger partial charge >= 0.3 is 6.09 Å².